The summed E-state index contributed by atoms with van der Waals surface area (Å²) in [6.45, 7) is 9.81. The Hall–Kier alpha value is -1.24. The van der Waals surface area contributed by atoms with Crippen LogP contribution in [0.3, 0.4) is 0 Å². The molecule has 0 radical (unpaired) electrons. The number of aryl methyl sites for hydroxylation is 1. The maximum Gasteiger partial charge on any atom is 0.118 e. The van der Waals surface area contributed by atoms with Gasteiger partial charge >= 0.3 is 0 Å². The molecule has 1 rings (SSSR count). The topological polar surface area (TPSA) is 9.23 Å². The molecule has 72 valence electrons. The molecule has 0 unspecified atom stereocenters. The van der Waals surface area contributed by atoms with Crippen LogP contribution >= 0.6 is 0 Å². The number of benzene rings is 1. The summed E-state index contributed by atoms with van der Waals surface area (Å²) in [6, 6.07) is 8.08. The molecule has 1 heteroatoms. The van der Waals surface area contributed by atoms with Crippen LogP contribution in [0.25, 0.3) is 5.76 Å². The molecule has 0 saturated heterocycles. The van der Waals surface area contributed by atoms with Crippen LogP contribution in [-0.2, 0) is 4.74 Å². The van der Waals surface area contributed by atoms with Gasteiger partial charge in [0.1, 0.15) is 5.76 Å². The average Bonchev–Trinajstić information content (AvgIpc) is 2.20. The molecule has 1 nitrogen and oxygen atoms in total. The lowest BCUT2D eigenvalue weighted by atomic mass is 10.1. The summed E-state index contributed by atoms with van der Waals surface area (Å²) in [5, 5.41) is 0. The Kier molecular flexibility index (Phi) is 5.69. The molecule has 0 fully saturated rings. The van der Waals surface area contributed by atoms with E-state index in [0.717, 1.165) is 5.56 Å². The van der Waals surface area contributed by atoms with Crippen molar-refractivity contribution in [2.45, 2.75) is 20.8 Å². The van der Waals surface area contributed by atoms with E-state index >= 15 is 0 Å². The standard InChI is InChI=1S/C10H12O.C2H6/c1-8-5-4-6-10(7-8)9(2)11-3;1-2/h4-7H,2H2,1,3H3;1-2H3. The van der Waals surface area contributed by atoms with Crippen LogP contribution in [0, 0.1) is 6.92 Å². The SMILES string of the molecule is C=C(OC)c1cccc(C)c1.CC. The summed E-state index contributed by atoms with van der Waals surface area (Å²) in [5.41, 5.74) is 2.27. The summed E-state index contributed by atoms with van der Waals surface area (Å²) >= 11 is 0. The quantitative estimate of drug-likeness (QED) is 0.628. The van der Waals surface area contributed by atoms with E-state index in [2.05, 4.69) is 6.58 Å². The van der Waals surface area contributed by atoms with Gasteiger partial charge < -0.3 is 4.74 Å². The van der Waals surface area contributed by atoms with Gasteiger partial charge in [-0.1, -0.05) is 44.2 Å². The lowest BCUT2D eigenvalue weighted by Crippen LogP contribution is -1.85. The Morgan fingerprint density at radius 3 is 2.38 bits per heavy atom. The number of ether oxygens (including phenoxy) is 1. The first kappa shape index (κ1) is 11.8. The Morgan fingerprint density at radius 1 is 1.31 bits per heavy atom. The molecule has 0 N–H and O–H groups in total. The average molecular weight is 178 g/mol. The van der Waals surface area contributed by atoms with E-state index in [1.807, 2.05) is 45.0 Å². The van der Waals surface area contributed by atoms with Crippen molar-refractivity contribution in [1.82, 2.24) is 0 Å². The van der Waals surface area contributed by atoms with Crippen molar-refractivity contribution in [2.75, 3.05) is 7.11 Å². The minimum atomic E-state index is 0.716. The molecule has 0 spiro atoms. The monoisotopic (exact) mass is 178 g/mol. The van der Waals surface area contributed by atoms with Crippen LogP contribution in [0.15, 0.2) is 30.8 Å². The van der Waals surface area contributed by atoms with Crippen molar-refractivity contribution >= 4 is 5.76 Å². The highest BCUT2D eigenvalue weighted by Crippen LogP contribution is 2.13. The Labute approximate surface area is 81.1 Å². The number of methoxy groups -OCH3 is 1. The molecule has 0 saturated carbocycles. The number of rotatable bonds is 2. The minimum Gasteiger partial charge on any atom is -0.497 e. The van der Waals surface area contributed by atoms with Gasteiger partial charge in [0.2, 0.25) is 0 Å². The van der Waals surface area contributed by atoms with Gasteiger partial charge in [-0.15, -0.1) is 0 Å². The lowest BCUT2D eigenvalue weighted by molar-refractivity contribution is 0.371. The largest absolute Gasteiger partial charge is 0.497 e. The second-order valence-electron chi connectivity index (χ2n) is 2.50. The highest BCUT2D eigenvalue weighted by atomic mass is 16.5. The van der Waals surface area contributed by atoms with Gasteiger partial charge in [-0.2, -0.15) is 0 Å². The van der Waals surface area contributed by atoms with Gasteiger partial charge in [-0.25, -0.2) is 0 Å². The fourth-order valence-electron chi connectivity index (χ4n) is 0.936. The molecular weight excluding hydrogens is 160 g/mol. The van der Waals surface area contributed by atoms with E-state index in [4.69, 9.17) is 4.74 Å². The van der Waals surface area contributed by atoms with Crippen molar-refractivity contribution in [1.29, 1.82) is 0 Å². The molecule has 0 aliphatic heterocycles. The minimum absolute atomic E-state index is 0.716. The van der Waals surface area contributed by atoms with Gasteiger partial charge in [0.25, 0.3) is 0 Å². The van der Waals surface area contributed by atoms with Crippen LogP contribution in [0.4, 0.5) is 0 Å². The normalized spacial score (nSPS) is 8.31. The van der Waals surface area contributed by atoms with Crippen molar-refractivity contribution in [2.24, 2.45) is 0 Å². The summed E-state index contributed by atoms with van der Waals surface area (Å²) in [7, 11) is 1.63. The molecule has 1 aromatic carbocycles. The zero-order valence-corrected chi connectivity index (χ0v) is 8.92. The number of hydrogen-bond acceptors (Lipinski definition) is 1. The summed E-state index contributed by atoms with van der Waals surface area (Å²) in [5.74, 6) is 0.716. The van der Waals surface area contributed by atoms with Crippen LogP contribution in [0.2, 0.25) is 0 Å². The number of hydrogen-bond donors (Lipinski definition) is 0. The van der Waals surface area contributed by atoms with Crippen molar-refractivity contribution in [3.8, 4) is 0 Å². The molecule has 0 amide bonds. The first-order valence-electron chi connectivity index (χ1n) is 4.54. The third-order valence-corrected chi connectivity index (χ3v) is 1.59. The zero-order chi connectivity index (χ0) is 10.3. The summed E-state index contributed by atoms with van der Waals surface area (Å²) in [6.07, 6.45) is 0. The van der Waals surface area contributed by atoms with Gasteiger partial charge in [0, 0.05) is 5.56 Å². The second kappa shape index (κ2) is 6.30. The van der Waals surface area contributed by atoms with E-state index in [0.29, 0.717) is 5.76 Å². The molecule has 0 atom stereocenters. The Bertz CT molecular complexity index is 264. The van der Waals surface area contributed by atoms with E-state index in [9.17, 15) is 0 Å². The van der Waals surface area contributed by atoms with E-state index < -0.39 is 0 Å². The second-order valence-corrected chi connectivity index (χ2v) is 2.50. The predicted molar refractivity (Wildman–Crippen MR) is 58.6 cm³/mol. The third-order valence-electron chi connectivity index (χ3n) is 1.59. The maximum atomic E-state index is 5.00. The molecule has 0 heterocycles. The highest BCUT2D eigenvalue weighted by Gasteiger charge is 1.95. The maximum absolute atomic E-state index is 5.00. The summed E-state index contributed by atoms with van der Waals surface area (Å²) < 4.78 is 5.00. The Morgan fingerprint density at radius 2 is 1.92 bits per heavy atom. The molecular formula is C12H18O. The van der Waals surface area contributed by atoms with Crippen LogP contribution < -0.4 is 0 Å². The van der Waals surface area contributed by atoms with Crippen molar-refractivity contribution in [3.05, 3.63) is 42.0 Å². The van der Waals surface area contributed by atoms with Crippen LogP contribution in [-0.4, -0.2) is 7.11 Å². The Balaban J connectivity index is 0.000000671. The molecule has 0 aliphatic carbocycles. The zero-order valence-electron chi connectivity index (χ0n) is 8.92. The summed E-state index contributed by atoms with van der Waals surface area (Å²) in [4.78, 5) is 0. The lowest BCUT2D eigenvalue weighted by Gasteiger charge is -2.03. The van der Waals surface area contributed by atoms with Gasteiger partial charge in [-0.3, -0.25) is 0 Å². The van der Waals surface area contributed by atoms with Crippen LogP contribution in [0.1, 0.15) is 25.0 Å². The highest BCUT2D eigenvalue weighted by molar-refractivity contribution is 5.57. The van der Waals surface area contributed by atoms with E-state index in [1.165, 1.54) is 5.56 Å². The molecule has 0 aromatic heterocycles. The van der Waals surface area contributed by atoms with Gasteiger partial charge in [0.05, 0.1) is 7.11 Å². The van der Waals surface area contributed by atoms with E-state index in [-0.39, 0.29) is 0 Å². The smallest absolute Gasteiger partial charge is 0.118 e. The van der Waals surface area contributed by atoms with Crippen LogP contribution in [0.5, 0.6) is 0 Å². The van der Waals surface area contributed by atoms with Gasteiger partial charge in [-0.05, 0) is 13.0 Å². The van der Waals surface area contributed by atoms with Crippen molar-refractivity contribution < 1.29 is 4.74 Å². The molecule has 1 aromatic rings. The van der Waals surface area contributed by atoms with Crippen molar-refractivity contribution in [3.63, 3.8) is 0 Å². The van der Waals surface area contributed by atoms with E-state index in [1.54, 1.807) is 7.11 Å². The fraction of sp³-hybridized carbons (Fsp3) is 0.333. The van der Waals surface area contributed by atoms with Gasteiger partial charge in [0.15, 0.2) is 0 Å². The predicted octanol–water partition coefficient (Wildman–Crippen LogP) is 3.64. The third kappa shape index (κ3) is 3.79. The fourth-order valence-corrected chi connectivity index (χ4v) is 0.936. The molecule has 13 heavy (non-hydrogen) atoms. The molecule has 0 bridgehead atoms. The first-order chi connectivity index (χ1) is 6.24. The molecule has 0 aliphatic rings. The first-order valence-corrected chi connectivity index (χ1v) is 4.54.